The zero-order chi connectivity index (χ0) is 22.8. The van der Waals surface area contributed by atoms with E-state index in [2.05, 4.69) is 105 Å². The summed E-state index contributed by atoms with van der Waals surface area (Å²) < 4.78 is 24.6. The van der Waals surface area contributed by atoms with Crippen molar-refractivity contribution in [2.45, 2.75) is 105 Å². The van der Waals surface area contributed by atoms with E-state index in [0.717, 1.165) is 0 Å². The molecule has 0 spiro atoms. The highest BCUT2D eigenvalue weighted by Crippen LogP contribution is 2.50. The van der Waals surface area contributed by atoms with E-state index in [1.807, 2.05) is 0 Å². The van der Waals surface area contributed by atoms with E-state index in [1.54, 1.807) is 0 Å². The Balaban J connectivity index is 0.000000292. The van der Waals surface area contributed by atoms with Crippen LogP contribution in [0, 0.1) is 0 Å². The monoisotopic (exact) mass is 528 g/mol. The van der Waals surface area contributed by atoms with Gasteiger partial charge in [-0.2, -0.15) is 0 Å². The number of hydrogen-bond donors (Lipinski definition) is 0. The average Bonchev–Trinajstić information content (AvgIpc) is 2.29. The SMILES string of the molecule is C[Si]1(C)O[Si](C)(C)O[Si](C)(C)O[Si](C)(C)O1.C[Si]1(C)[Si](C)(C)[Si](C)(C)[Si]1(C)C. The normalized spacial score (nSPS) is 32.6. The van der Waals surface area contributed by atoms with Crippen LogP contribution in [0.25, 0.3) is 0 Å². The fourth-order valence-corrected chi connectivity index (χ4v) is 164. The van der Waals surface area contributed by atoms with Crippen molar-refractivity contribution in [1.82, 2.24) is 0 Å². The van der Waals surface area contributed by atoms with Crippen LogP contribution >= 0.6 is 0 Å². The van der Waals surface area contributed by atoms with Crippen LogP contribution in [-0.4, -0.2) is 62.7 Å². The maximum absolute atomic E-state index is 6.16. The van der Waals surface area contributed by atoms with Gasteiger partial charge < -0.3 is 16.5 Å². The van der Waals surface area contributed by atoms with Crippen molar-refractivity contribution in [3.63, 3.8) is 0 Å². The van der Waals surface area contributed by atoms with Gasteiger partial charge in [0.1, 0.15) is 0 Å². The summed E-state index contributed by atoms with van der Waals surface area (Å²) in [5.74, 6) is 0. The summed E-state index contributed by atoms with van der Waals surface area (Å²) in [5.41, 5.74) is 0. The Hall–Kier alpha value is 1.58. The Bertz CT molecular complexity index is 463. The molecule has 0 unspecified atom stereocenters. The van der Waals surface area contributed by atoms with Gasteiger partial charge in [-0.05, 0) is 52.4 Å². The van der Waals surface area contributed by atoms with Crippen LogP contribution in [0.5, 0.6) is 0 Å². The van der Waals surface area contributed by atoms with E-state index < -0.39 is 62.7 Å². The lowest BCUT2D eigenvalue weighted by molar-refractivity contribution is 0.238. The molecule has 2 aliphatic heterocycles. The second kappa shape index (κ2) is 7.57. The van der Waals surface area contributed by atoms with Gasteiger partial charge in [0.15, 0.2) is 0 Å². The molecule has 12 heteroatoms. The van der Waals surface area contributed by atoms with Crippen molar-refractivity contribution >= 4 is 62.7 Å². The molecule has 4 nitrogen and oxygen atoms in total. The third-order valence-electron chi connectivity index (χ3n) is 8.22. The Kier molecular flexibility index (Phi) is 7.46. The van der Waals surface area contributed by atoms with E-state index in [-0.39, 0.29) is 0 Å². The first-order chi connectivity index (χ1) is 11.8. The van der Waals surface area contributed by atoms with Gasteiger partial charge in [0.25, 0.3) is 0 Å². The summed E-state index contributed by atoms with van der Waals surface area (Å²) >= 11 is 0. The maximum atomic E-state index is 6.16. The summed E-state index contributed by atoms with van der Waals surface area (Å²) in [7, 11) is -11.3. The smallest absolute Gasteiger partial charge is 0.314 e. The lowest BCUT2D eigenvalue weighted by atomic mass is 11.9. The van der Waals surface area contributed by atoms with E-state index in [0.29, 0.717) is 0 Å². The number of hydrogen-bond acceptors (Lipinski definition) is 4. The van der Waals surface area contributed by atoms with Crippen LogP contribution in [0.4, 0.5) is 0 Å². The average molecular weight is 529 g/mol. The molecule has 0 radical (unpaired) electrons. The van der Waals surface area contributed by atoms with Crippen LogP contribution in [0.1, 0.15) is 0 Å². The molecule has 28 heavy (non-hydrogen) atoms. The van der Waals surface area contributed by atoms with Crippen molar-refractivity contribution in [2.75, 3.05) is 0 Å². The highest BCUT2D eigenvalue weighted by molar-refractivity contribution is 8.13. The van der Waals surface area contributed by atoms with Crippen molar-refractivity contribution < 1.29 is 16.5 Å². The maximum Gasteiger partial charge on any atom is 0.314 e. The van der Waals surface area contributed by atoms with Crippen molar-refractivity contribution in [1.29, 1.82) is 0 Å². The third kappa shape index (κ3) is 5.14. The Morgan fingerprint density at radius 1 is 0.250 bits per heavy atom. The largest absolute Gasteiger partial charge is 0.416 e. The lowest BCUT2D eigenvalue weighted by Crippen LogP contribution is -3.00. The van der Waals surface area contributed by atoms with Gasteiger partial charge >= 0.3 is 34.2 Å². The van der Waals surface area contributed by atoms with Crippen LogP contribution in [0.2, 0.25) is 105 Å². The summed E-state index contributed by atoms with van der Waals surface area (Å²) in [4.78, 5) is 0. The fraction of sp³-hybridized carbons (Fsp3) is 1.00. The van der Waals surface area contributed by atoms with Gasteiger partial charge in [0.05, 0.1) is 0 Å². The van der Waals surface area contributed by atoms with Gasteiger partial charge in [0.2, 0.25) is 0 Å². The molecule has 2 saturated heterocycles. The Morgan fingerprint density at radius 3 is 0.464 bits per heavy atom. The first-order valence-electron chi connectivity index (χ1n) is 10.6. The van der Waals surface area contributed by atoms with Crippen molar-refractivity contribution in [3.05, 3.63) is 0 Å². The molecule has 0 N–H and O–H groups in total. The predicted octanol–water partition coefficient (Wildman–Crippen LogP) is 6.02. The molecule has 0 aromatic carbocycles. The second-order valence-corrected chi connectivity index (χ2v) is 76.0. The summed E-state index contributed by atoms with van der Waals surface area (Å²) in [6.07, 6.45) is 0. The molecule has 0 saturated carbocycles. The molecular formula is C16H48O4Si8. The molecule has 0 bridgehead atoms. The van der Waals surface area contributed by atoms with Gasteiger partial charge in [0, 0.05) is 28.4 Å². The minimum atomic E-state index is -2.11. The van der Waals surface area contributed by atoms with Crippen molar-refractivity contribution in [2.24, 2.45) is 0 Å². The molecule has 0 aromatic heterocycles. The van der Waals surface area contributed by atoms with Crippen LogP contribution in [0.15, 0.2) is 0 Å². The van der Waals surface area contributed by atoms with E-state index >= 15 is 0 Å². The van der Waals surface area contributed by atoms with Crippen LogP contribution in [0.3, 0.4) is 0 Å². The molecule has 2 heterocycles. The molecule has 0 atom stereocenters. The van der Waals surface area contributed by atoms with Gasteiger partial charge in [-0.15, -0.1) is 0 Å². The molecule has 0 aromatic rings. The molecule has 2 aliphatic rings. The second-order valence-electron chi connectivity index (χ2n) is 12.5. The molecule has 0 aliphatic carbocycles. The Labute approximate surface area is 183 Å². The molecular weight excluding hydrogens is 481 g/mol. The van der Waals surface area contributed by atoms with Crippen LogP contribution < -0.4 is 0 Å². The highest BCUT2D eigenvalue weighted by Gasteiger charge is 2.75. The first-order valence-corrected chi connectivity index (χ1v) is 37.9. The van der Waals surface area contributed by atoms with Gasteiger partial charge in [-0.1, -0.05) is 52.4 Å². The highest BCUT2D eigenvalue weighted by atomic mass is 30.2. The van der Waals surface area contributed by atoms with Crippen molar-refractivity contribution in [3.8, 4) is 0 Å². The van der Waals surface area contributed by atoms with E-state index in [1.165, 1.54) is 0 Å². The van der Waals surface area contributed by atoms with Gasteiger partial charge in [-0.25, -0.2) is 0 Å². The summed E-state index contributed by atoms with van der Waals surface area (Å²) in [6, 6.07) is 0. The third-order valence-corrected chi connectivity index (χ3v) is 128. The molecule has 2 rings (SSSR count). The molecule has 2 fully saturated rings. The number of rotatable bonds is 0. The lowest BCUT2D eigenvalue weighted by Gasteiger charge is -2.72. The quantitative estimate of drug-likeness (QED) is 0.360. The Morgan fingerprint density at radius 2 is 0.357 bits per heavy atom. The summed E-state index contributed by atoms with van der Waals surface area (Å²) in [6.45, 7) is 38.2. The van der Waals surface area contributed by atoms with E-state index in [4.69, 9.17) is 16.5 Å². The zero-order valence-corrected chi connectivity index (χ0v) is 29.6. The predicted molar refractivity (Wildman–Crippen MR) is 144 cm³/mol. The summed E-state index contributed by atoms with van der Waals surface area (Å²) in [5, 5.41) is 0. The minimum absolute atomic E-state index is 0.702. The zero-order valence-electron chi connectivity index (χ0n) is 21.6. The fourth-order valence-electron chi connectivity index (χ4n) is 5.51. The van der Waals surface area contributed by atoms with Crippen LogP contribution in [-0.2, 0) is 16.5 Å². The molecule has 0 amide bonds. The topological polar surface area (TPSA) is 36.9 Å². The minimum Gasteiger partial charge on any atom is -0.416 e. The van der Waals surface area contributed by atoms with E-state index in [9.17, 15) is 0 Å². The molecule has 168 valence electrons. The first kappa shape index (κ1) is 27.6. The van der Waals surface area contributed by atoms with Gasteiger partial charge in [-0.3, -0.25) is 0 Å². The standard InChI is InChI=1S/C8H24O4Si4.C8H24Si4/c1-13(2)9-14(3,4)11-16(7,8)12-15(5,6)10-13;1-9(2)10(3,4)12(7,8)11(9,5)6/h1-8H3;1-8H3.